The van der Waals surface area contributed by atoms with Crippen molar-refractivity contribution in [2.75, 3.05) is 36.8 Å². The van der Waals surface area contributed by atoms with Gasteiger partial charge >= 0.3 is 10.1 Å². The molecule has 0 aliphatic carbocycles. The molecule has 0 unspecified atom stereocenters. The molecule has 0 atom stereocenters. The van der Waals surface area contributed by atoms with E-state index in [1.54, 1.807) is 51.1 Å². The van der Waals surface area contributed by atoms with Crippen LogP contribution in [0.2, 0.25) is 0 Å². The topological polar surface area (TPSA) is 106 Å². The Hall–Kier alpha value is -3.92. The Balaban J connectivity index is 1.85. The molecule has 39 heavy (non-hydrogen) atoms. The van der Waals surface area contributed by atoms with Crippen molar-refractivity contribution in [3.05, 3.63) is 60.2 Å². The van der Waals surface area contributed by atoms with Crippen LogP contribution in [0.25, 0.3) is 11.1 Å². The van der Waals surface area contributed by atoms with E-state index in [1.165, 1.54) is 7.11 Å². The summed E-state index contributed by atoms with van der Waals surface area (Å²) < 4.78 is 41.2. The van der Waals surface area contributed by atoms with Crippen molar-refractivity contribution in [2.45, 2.75) is 45.0 Å². The number of carbonyl (C=O) groups is 1. The van der Waals surface area contributed by atoms with E-state index in [0.29, 0.717) is 18.0 Å². The number of anilines is 3. The predicted octanol–water partition coefficient (Wildman–Crippen LogP) is 5.27. The Labute approximate surface area is 230 Å². The molecule has 0 saturated carbocycles. The van der Waals surface area contributed by atoms with E-state index in [1.807, 2.05) is 50.2 Å². The van der Waals surface area contributed by atoms with Gasteiger partial charge in [-0.25, -0.2) is 0 Å². The van der Waals surface area contributed by atoms with Gasteiger partial charge in [0.05, 0.1) is 36.5 Å². The van der Waals surface area contributed by atoms with E-state index < -0.39 is 20.9 Å². The highest BCUT2D eigenvalue weighted by Gasteiger charge is 2.38. The molecule has 0 aromatic heterocycles. The number of nitrogens with zero attached hydrogens (tertiary/aromatic N) is 1. The first kappa shape index (κ1) is 28.1. The van der Waals surface area contributed by atoms with Crippen molar-refractivity contribution >= 4 is 33.1 Å². The molecule has 1 aliphatic heterocycles. The minimum Gasteiger partial charge on any atom is -0.496 e. The van der Waals surface area contributed by atoms with Crippen LogP contribution < -0.4 is 29.2 Å². The lowest BCUT2D eigenvalue weighted by Crippen LogP contribution is -2.52. The number of benzene rings is 3. The molecule has 0 fully saturated rings. The third kappa shape index (κ3) is 5.47. The normalized spacial score (nSPS) is 14.5. The number of methoxy groups -OCH3 is 2. The van der Waals surface area contributed by atoms with Gasteiger partial charge in [0.25, 0.3) is 5.91 Å². The van der Waals surface area contributed by atoms with Crippen LogP contribution in [-0.4, -0.2) is 46.4 Å². The van der Waals surface area contributed by atoms with Crippen LogP contribution in [-0.2, 0) is 21.5 Å². The Morgan fingerprint density at radius 3 is 2.31 bits per heavy atom. The highest BCUT2D eigenvalue weighted by molar-refractivity contribution is 7.87. The predicted molar refractivity (Wildman–Crippen MR) is 155 cm³/mol. The number of hydrogen-bond acceptors (Lipinski definition) is 8. The van der Waals surface area contributed by atoms with Gasteiger partial charge in [-0.1, -0.05) is 18.2 Å². The molecule has 208 valence electrons. The van der Waals surface area contributed by atoms with Gasteiger partial charge in [-0.05, 0) is 63.6 Å². The Morgan fingerprint density at radius 1 is 0.974 bits per heavy atom. The molecule has 2 N–H and O–H groups in total. The van der Waals surface area contributed by atoms with Gasteiger partial charge in [-0.15, -0.1) is 0 Å². The highest BCUT2D eigenvalue weighted by atomic mass is 32.2. The maximum atomic E-state index is 13.3. The maximum Gasteiger partial charge on any atom is 0.311 e. The number of para-hydroxylation sites is 2. The number of amides is 1. The second-order valence-corrected chi connectivity index (χ2v) is 12.2. The van der Waals surface area contributed by atoms with Crippen LogP contribution in [0, 0.1) is 0 Å². The summed E-state index contributed by atoms with van der Waals surface area (Å²) in [6.45, 7) is 7.18. The van der Waals surface area contributed by atoms with Crippen LogP contribution >= 0.6 is 0 Å². The lowest BCUT2D eigenvalue weighted by molar-refractivity contribution is -0.121. The van der Waals surface area contributed by atoms with Crippen LogP contribution in [0.4, 0.5) is 17.1 Å². The number of ether oxygens (including phenoxy) is 2. The Morgan fingerprint density at radius 2 is 1.64 bits per heavy atom. The van der Waals surface area contributed by atoms with E-state index in [-0.39, 0.29) is 11.7 Å². The fraction of sp³-hybridized carbons (Fsp3) is 0.345. The van der Waals surface area contributed by atoms with E-state index in [0.717, 1.165) is 33.8 Å². The number of likely N-dealkylation sites (N-methyl/N-ethyl adjacent to an activating group) is 1. The van der Waals surface area contributed by atoms with Crippen molar-refractivity contribution in [1.82, 2.24) is 0 Å². The van der Waals surface area contributed by atoms with Crippen molar-refractivity contribution < 1.29 is 26.9 Å². The summed E-state index contributed by atoms with van der Waals surface area (Å²) in [6.07, 6.45) is 0. The molecule has 1 amide bonds. The molecular formula is C29H35N3O6S. The van der Waals surface area contributed by atoms with Crippen molar-refractivity contribution in [3.63, 3.8) is 0 Å². The molecule has 0 radical (unpaired) electrons. The molecule has 0 spiro atoms. The lowest BCUT2D eigenvalue weighted by atomic mass is 9.91. The smallest absolute Gasteiger partial charge is 0.311 e. The number of nitrogens with one attached hydrogen (secondary N) is 2. The van der Waals surface area contributed by atoms with E-state index in [9.17, 15) is 13.2 Å². The average Bonchev–Trinajstić information content (AvgIpc) is 2.90. The Kier molecular flexibility index (Phi) is 7.70. The summed E-state index contributed by atoms with van der Waals surface area (Å²) in [7, 11) is 1.13. The monoisotopic (exact) mass is 553 g/mol. The van der Waals surface area contributed by atoms with Gasteiger partial charge < -0.3 is 29.2 Å². The first-order chi connectivity index (χ1) is 18.4. The quantitative estimate of drug-likeness (QED) is 0.346. The van der Waals surface area contributed by atoms with Crippen LogP contribution in [0.3, 0.4) is 0 Å². The number of fused-ring (bicyclic) bond motifs is 1. The lowest BCUT2D eigenvalue weighted by Gasteiger charge is -2.40. The van der Waals surface area contributed by atoms with Crippen molar-refractivity contribution in [1.29, 1.82) is 0 Å². The first-order valence-electron chi connectivity index (χ1n) is 12.6. The van der Waals surface area contributed by atoms with Gasteiger partial charge in [-0.3, -0.25) is 4.79 Å². The fourth-order valence-corrected chi connectivity index (χ4v) is 5.18. The van der Waals surface area contributed by atoms with Gasteiger partial charge in [0.2, 0.25) is 0 Å². The summed E-state index contributed by atoms with van der Waals surface area (Å²) in [6, 6.07) is 16.4. The molecule has 3 aromatic rings. The minimum absolute atomic E-state index is 0.0692. The summed E-state index contributed by atoms with van der Waals surface area (Å²) in [4.78, 5) is 14.9. The summed E-state index contributed by atoms with van der Waals surface area (Å²) in [5.41, 5.74) is 3.98. The second-order valence-electron chi connectivity index (χ2n) is 10.1. The van der Waals surface area contributed by atoms with E-state index in [2.05, 4.69) is 10.6 Å². The molecular weight excluding hydrogens is 518 g/mol. The van der Waals surface area contributed by atoms with E-state index in [4.69, 9.17) is 13.7 Å². The standard InChI is InChI=1S/C29H35N3O6S/c1-18(2)39(34,35)38-19-12-13-21(26(16-19)37-7)20-14-15-24-27(32(5)28(33)29(3,4)31-24)22(20)17-30-23-10-8-9-11-25(23)36-6/h8-16,18,30-31H,17H2,1-7H3. The number of hydrogen-bond donors (Lipinski definition) is 2. The van der Waals surface area contributed by atoms with E-state index >= 15 is 0 Å². The van der Waals surface area contributed by atoms with Gasteiger partial charge in [0.1, 0.15) is 22.8 Å². The molecule has 9 nitrogen and oxygen atoms in total. The second kappa shape index (κ2) is 10.7. The maximum absolute atomic E-state index is 13.3. The Bertz CT molecular complexity index is 1500. The minimum atomic E-state index is -3.77. The van der Waals surface area contributed by atoms with Gasteiger partial charge in [0, 0.05) is 30.8 Å². The molecule has 4 rings (SSSR count). The van der Waals surface area contributed by atoms with Gasteiger partial charge in [0.15, 0.2) is 0 Å². The zero-order valence-electron chi connectivity index (χ0n) is 23.3. The van der Waals surface area contributed by atoms with Crippen LogP contribution in [0.15, 0.2) is 54.6 Å². The molecule has 10 heteroatoms. The van der Waals surface area contributed by atoms with Crippen molar-refractivity contribution in [3.8, 4) is 28.4 Å². The molecule has 0 bridgehead atoms. The van der Waals surface area contributed by atoms with Crippen LogP contribution in [0.5, 0.6) is 17.2 Å². The highest BCUT2D eigenvalue weighted by Crippen LogP contribution is 2.45. The zero-order chi connectivity index (χ0) is 28.5. The summed E-state index contributed by atoms with van der Waals surface area (Å²) in [5, 5.41) is 6.13. The molecule has 3 aromatic carbocycles. The third-order valence-electron chi connectivity index (χ3n) is 6.72. The average molecular weight is 554 g/mol. The fourth-order valence-electron chi connectivity index (χ4n) is 4.61. The SMILES string of the molecule is COc1ccccc1NCc1c(-c2ccc(OS(=O)(=O)C(C)C)cc2OC)ccc2c1N(C)C(=O)C(C)(C)N2. The molecule has 0 saturated heterocycles. The molecule has 1 aliphatic rings. The number of carbonyl (C=O) groups excluding carboxylic acids is 1. The number of rotatable bonds is 9. The molecule has 1 heterocycles. The largest absolute Gasteiger partial charge is 0.496 e. The summed E-state index contributed by atoms with van der Waals surface area (Å²) in [5.74, 6) is 1.22. The first-order valence-corrected chi connectivity index (χ1v) is 14.1. The zero-order valence-corrected chi connectivity index (χ0v) is 24.1. The van der Waals surface area contributed by atoms with Crippen LogP contribution in [0.1, 0.15) is 33.3 Å². The third-order valence-corrected chi connectivity index (χ3v) is 8.30. The van der Waals surface area contributed by atoms with Gasteiger partial charge in [-0.2, -0.15) is 8.42 Å². The van der Waals surface area contributed by atoms with Crippen molar-refractivity contribution in [2.24, 2.45) is 0 Å². The summed E-state index contributed by atoms with van der Waals surface area (Å²) >= 11 is 0.